The van der Waals surface area contributed by atoms with E-state index >= 15 is 0 Å². The molecule has 7 nitrogen and oxygen atoms in total. The molecule has 0 radical (unpaired) electrons. The van der Waals surface area contributed by atoms with E-state index in [2.05, 4.69) is 15.9 Å². The lowest BCUT2D eigenvalue weighted by Crippen LogP contribution is -2.27. The number of halogens is 1. The zero-order chi connectivity index (χ0) is 19.6. The summed E-state index contributed by atoms with van der Waals surface area (Å²) in [6.45, 7) is 1.16. The second-order valence-electron chi connectivity index (χ2n) is 5.88. The molecule has 0 aromatic heterocycles. The summed E-state index contributed by atoms with van der Waals surface area (Å²) < 4.78 is 49.3. The summed E-state index contributed by atoms with van der Waals surface area (Å²) in [5, 5.41) is 0. The van der Waals surface area contributed by atoms with Crippen molar-refractivity contribution in [3.8, 4) is 23.0 Å². The third kappa shape index (κ3) is 3.99. The van der Waals surface area contributed by atoms with Crippen molar-refractivity contribution in [3.63, 3.8) is 0 Å². The summed E-state index contributed by atoms with van der Waals surface area (Å²) in [5.74, 6) is 2.07. The molecule has 0 atom stereocenters. The second kappa shape index (κ2) is 7.95. The molecule has 2 aromatic rings. The van der Waals surface area contributed by atoms with E-state index in [1.807, 2.05) is 6.07 Å². The lowest BCUT2D eigenvalue weighted by molar-refractivity contribution is 0.171. The van der Waals surface area contributed by atoms with Gasteiger partial charge in [0.2, 0.25) is 10.0 Å². The minimum absolute atomic E-state index is 0.0974. The normalized spacial score (nSPS) is 13.5. The number of sulfonamides is 1. The average molecular weight is 458 g/mol. The molecule has 0 fully saturated rings. The molecule has 9 heteroatoms. The van der Waals surface area contributed by atoms with Crippen molar-refractivity contribution in [1.29, 1.82) is 0 Å². The summed E-state index contributed by atoms with van der Waals surface area (Å²) in [5.41, 5.74) is 0.793. The lowest BCUT2D eigenvalue weighted by Gasteiger charge is -2.22. The highest BCUT2D eigenvalue weighted by Gasteiger charge is 2.26. The van der Waals surface area contributed by atoms with Crippen molar-refractivity contribution < 1.29 is 27.4 Å². The van der Waals surface area contributed by atoms with Gasteiger partial charge in [-0.05, 0) is 39.7 Å². The number of hydrogen-bond donors (Lipinski definition) is 0. The average Bonchev–Trinajstić information content (AvgIpc) is 2.67. The van der Waals surface area contributed by atoms with E-state index in [0.717, 1.165) is 5.56 Å². The maximum absolute atomic E-state index is 13.1. The Hall–Kier alpha value is -1.97. The van der Waals surface area contributed by atoms with Gasteiger partial charge in [-0.15, -0.1) is 0 Å². The zero-order valence-corrected chi connectivity index (χ0v) is 17.6. The van der Waals surface area contributed by atoms with Crippen LogP contribution in [0.15, 0.2) is 39.7 Å². The Morgan fingerprint density at radius 3 is 2.33 bits per heavy atom. The molecule has 0 bridgehead atoms. The van der Waals surface area contributed by atoms with Gasteiger partial charge in [0.25, 0.3) is 0 Å². The van der Waals surface area contributed by atoms with Crippen molar-refractivity contribution in [2.24, 2.45) is 0 Å². The second-order valence-corrected chi connectivity index (χ2v) is 8.74. The van der Waals surface area contributed by atoms with E-state index in [1.165, 1.54) is 31.6 Å². The predicted molar refractivity (Wildman–Crippen MR) is 103 cm³/mol. The van der Waals surface area contributed by atoms with Gasteiger partial charge in [-0.3, -0.25) is 0 Å². The Bertz CT molecular complexity index is 947. The number of nitrogens with zero attached hydrogens (tertiary/aromatic N) is 1. The van der Waals surface area contributed by atoms with Crippen molar-refractivity contribution in [1.82, 2.24) is 4.31 Å². The van der Waals surface area contributed by atoms with Crippen LogP contribution >= 0.6 is 15.9 Å². The van der Waals surface area contributed by atoms with Crippen LogP contribution in [0.3, 0.4) is 0 Å². The number of benzene rings is 2. The smallest absolute Gasteiger partial charge is 0.244 e. The molecule has 146 valence electrons. The monoisotopic (exact) mass is 457 g/mol. The summed E-state index contributed by atoms with van der Waals surface area (Å²) in [4.78, 5) is 0.0974. The fourth-order valence-electron chi connectivity index (χ4n) is 2.73. The van der Waals surface area contributed by atoms with Crippen LogP contribution in [0.5, 0.6) is 23.0 Å². The van der Waals surface area contributed by atoms with Crippen molar-refractivity contribution >= 4 is 26.0 Å². The summed E-state index contributed by atoms with van der Waals surface area (Å²) in [7, 11) is 0.707. The van der Waals surface area contributed by atoms with Crippen LogP contribution in [-0.4, -0.2) is 47.2 Å². The molecule has 1 heterocycles. The predicted octanol–water partition coefficient (Wildman–Crippen LogP) is 3.06. The molecule has 0 N–H and O–H groups in total. The van der Waals surface area contributed by atoms with Crippen LogP contribution in [0, 0.1) is 0 Å². The van der Waals surface area contributed by atoms with Gasteiger partial charge in [0, 0.05) is 24.1 Å². The van der Waals surface area contributed by atoms with E-state index in [-0.39, 0.29) is 11.4 Å². The third-order valence-corrected chi connectivity index (χ3v) is 6.90. The third-order valence-electron chi connectivity index (χ3n) is 4.14. The van der Waals surface area contributed by atoms with Crippen LogP contribution in [-0.2, 0) is 16.6 Å². The quantitative estimate of drug-likeness (QED) is 0.663. The van der Waals surface area contributed by atoms with Crippen LogP contribution < -0.4 is 18.9 Å². The molecule has 0 unspecified atom stereocenters. The van der Waals surface area contributed by atoms with Crippen LogP contribution in [0.2, 0.25) is 0 Å². The standard InChI is InChI=1S/C18H20BrNO6S/c1-20(11-12-4-5-14-17(8-12)26-7-6-25-14)27(21,22)18-10-16(24-3)15(23-2)9-13(18)19/h4-5,8-10H,6-7,11H2,1-3H3. The minimum Gasteiger partial charge on any atom is -0.493 e. The SMILES string of the molecule is COc1cc(Br)c(S(=O)(=O)N(C)Cc2ccc3c(c2)OCCO3)cc1OC. The first-order valence-electron chi connectivity index (χ1n) is 8.13. The van der Waals surface area contributed by atoms with E-state index in [4.69, 9.17) is 18.9 Å². The van der Waals surface area contributed by atoms with Gasteiger partial charge in [-0.2, -0.15) is 4.31 Å². The number of hydrogen-bond acceptors (Lipinski definition) is 6. The molecule has 1 aliphatic heterocycles. The topological polar surface area (TPSA) is 74.3 Å². The molecule has 0 aliphatic carbocycles. The van der Waals surface area contributed by atoms with Gasteiger partial charge in [0.15, 0.2) is 23.0 Å². The highest BCUT2D eigenvalue weighted by molar-refractivity contribution is 9.10. The van der Waals surface area contributed by atoms with Gasteiger partial charge in [0.1, 0.15) is 18.1 Å². The molecule has 2 aromatic carbocycles. The van der Waals surface area contributed by atoms with Gasteiger partial charge in [-0.1, -0.05) is 6.07 Å². The van der Waals surface area contributed by atoms with Crippen LogP contribution in [0.4, 0.5) is 0 Å². The van der Waals surface area contributed by atoms with E-state index in [9.17, 15) is 8.42 Å². The number of rotatable bonds is 6. The Balaban J connectivity index is 1.89. The molecule has 0 saturated heterocycles. The molecule has 0 amide bonds. The summed E-state index contributed by atoms with van der Waals surface area (Å²) >= 11 is 3.31. The van der Waals surface area contributed by atoms with Gasteiger partial charge in [-0.25, -0.2) is 8.42 Å². The van der Waals surface area contributed by atoms with Crippen LogP contribution in [0.1, 0.15) is 5.56 Å². The Labute approximate surface area is 167 Å². The fourth-order valence-corrected chi connectivity index (χ4v) is 4.88. The molecular formula is C18H20BrNO6S. The molecule has 0 spiro atoms. The zero-order valence-electron chi connectivity index (χ0n) is 15.2. The Morgan fingerprint density at radius 1 is 1.04 bits per heavy atom. The number of ether oxygens (including phenoxy) is 4. The Morgan fingerprint density at radius 2 is 1.67 bits per heavy atom. The van der Waals surface area contributed by atoms with E-state index in [0.29, 0.717) is 40.7 Å². The molecule has 0 saturated carbocycles. The summed E-state index contributed by atoms with van der Waals surface area (Å²) in [6, 6.07) is 8.42. The first-order valence-corrected chi connectivity index (χ1v) is 10.4. The largest absolute Gasteiger partial charge is 0.493 e. The van der Waals surface area contributed by atoms with Gasteiger partial charge in [0.05, 0.1) is 14.2 Å². The maximum Gasteiger partial charge on any atom is 0.244 e. The first-order chi connectivity index (χ1) is 12.9. The molecular weight excluding hydrogens is 438 g/mol. The van der Waals surface area contributed by atoms with Gasteiger partial charge < -0.3 is 18.9 Å². The molecule has 1 aliphatic rings. The van der Waals surface area contributed by atoms with E-state index < -0.39 is 10.0 Å². The maximum atomic E-state index is 13.1. The number of methoxy groups -OCH3 is 2. The lowest BCUT2D eigenvalue weighted by atomic mass is 10.2. The number of fused-ring (bicyclic) bond motifs is 1. The highest BCUT2D eigenvalue weighted by atomic mass is 79.9. The Kier molecular flexibility index (Phi) is 5.83. The fraction of sp³-hybridized carbons (Fsp3) is 0.333. The minimum atomic E-state index is -3.77. The van der Waals surface area contributed by atoms with Crippen molar-refractivity contribution in [3.05, 3.63) is 40.4 Å². The highest BCUT2D eigenvalue weighted by Crippen LogP contribution is 2.37. The molecule has 3 rings (SSSR count). The van der Waals surface area contributed by atoms with E-state index in [1.54, 1.807) is 18.2 Å². The van der Waals surface area contributed by atoms with Crippen molar-refractivity contribution in [2.45, 2.75) is 11.4 Å². The van der Waals surface area contributed by atoms with Crippen molar-refractivity contribution in [2.75, 3.05) is 34.5 Å². The molecule has 27 heavy (non-hydrogen) atoms. The van der Waals surface area contributed by atoms with Crippen LogP contribution in [0.25, 0.3) is 0 Å². The summed E-state index contributed by atoms with van der Waals surface area (Å²) in [6.07, 6.45) is 0. The first kappa shape index (κ1) is 19.8. The van der Waals surface area contributed by atoms with Gasteiger partial charge >= 0.3 is 0 Å².